The van der Waals surface area contributed by atoms with E-state index < -0.39 is 0 Å². The van der Waals surface area contributed by atoms with E-state index in [2.05, 4.69) is 11.6 Å². The fraction of sp³-hybridized carbons (Fsp3) is 0.0588. The predicted molar refractivity (Wildman–Crippen MR) is 79.8 cm³/mol. The first-order valence-corrected chi connectivity index (χ1v) is 6.37. The highest BCUT2D eigenvalue weighted by Gasteiger charge is 2.23. The number of benzene rings is 1. The van der Waals surface area contributed by atoms with Crippen LogP contribution >= 0.6 is 0 Å². The smallest absolute Gasteiger partial charge is 0.249 e. The van der Waals surface area contributed by atoms with Gasteiger partial charge in [0.15, 0.2) is 5.78 Å². The predicted octanol–water partition coefficient (Wildman–Crippen LogP) is 1.38. The number of fused-ring (bicyclic) bond motifs is 3. The minimum absolute atomic E-state index is 0.0388. The fourth-order valence-electron chi connectivity index (χ4n) is 2.63. The maximum atomic E-state index is 12.6. The zero-order chi connectivity index (χ0) is 14.3. The van der Waals surface area contributed by atoms with Crippen molar-refractivity contribution in [1.29, 1.82) is 0 Å². The van der Waals surface area contributed by atoms with E-state index >= 15 is 0 Å². The number of aromatic nitrogens is 1. The average molecular weight is 263 g/mol. The van der Waals surface area contributed by atoms with E-state index in [0.29, 0.717) is 21.7 Å². The summed E-state index contributed by atoms with van der Waals surface area (Å²) in [7, 11) is 0. The summed E-state index contributed by atoms with van der Waals surface area (Å²) in [6.07, 6.45) is 3.58. The summed E-state index contributed by atoms with van der Waals surface area (Å²) < 4.78 is 0. The second-order valence-corrected chi connectivity index (χ2v) is 4.69. The van der Waals surface area contributed by atoms with E-state index in [1.165, 1.54) is 6.07 Å². The molecule has 0 amide bonds. The van der Waals surface area contributed by atoms with Crippen LogP contribution in [0.2, 0.25) is 0 Å². The molecule has 1 aliphatic carbocycles. The van der Waals surface area contributed by atoms with E-state index in [1.54, 1.807) is 12.1 Å². The maximum Gasteiger partial charge on any atom is 0.249 e. The SMILES string of the molecule is C=c1[nH]c(=O)cc2c1=C(/C=C\C)C(=O)c1ccccc1-2. The number of aromatic amines is 1. The number of pyridine rings is 1. The highest BCUT2D eigenvalue weighted by molar-refractivity contribution is 6.31. The van der Waals surface area contributed by atoms with Gasteiger partial charge in [0.2, 0.25) is 5.56 Å². The van der Waals surface area contributed by atoms with Gasteiger partial charge in [0.25, 0.3) is 0 Å². The van der Waals surface area contributed by atoms with Crippen molar-refractivity contribution in [2.75, 3.05) is 0 Å². The van der Waals surface area contributed by atoms with Crippen molar-refractivity contribution in [3.8, 4) is 11.1 Å². The Labute approximate surface area is 115 Å². The fourth-order valence-corrected chi connectivity index (χ4v) is 2.63. The number of hydrogen-bond donors (Lipinski definition) is 1. The molecule has 0 bridgehead atoms. The molecule has 0 atom stereocenters. The van der Waals surface area contributed by atoms with Crippen molar-refractivity contribution < 1.29 is 4.79 Å². The Morgan fingerprint density at radius 1 is 1.10 bits per heavy atom. The van der Waals surface area contributed by atoms with E-state index in [-0.39, 0.29) is 11.3 Å². The van der Waals surface area contributed by atoms with Crippen LogP contribution in [0.4, 0.5) is 0 Å². The standard InChI is InChI=1S/C17H13NO2/c1-3-6-13-16-10(2)18-15(19)9-14(16)11-7-4-5-8-12(11)17(13)20/h3-9H,2H2,1H3,(H,18,19)/b6-3-. The lowest BCUT2D eigenvalue weighted by Gasteiger charge is -2.16. The Hall–Kier alpha value is -2.68. The lowest BCUT2D eigenvalue weighted by molar-refractivity contribution is 0.105. The zero-order valence-electron chi connectivity index (χ0n) is 11.1. The van der Waals surface area contributed by atoms with Gasteiger partial charge in [-0.25, -0.2) is 0 Å². The molecule has 3 rings (SSSR count). The number of ketones is 1. The monoisotopic (exact) mass is 263 g/mol. The number of hydrogen-bond acceptors (Lipinski definition) is 2. The Morgan fingerprint density at radius 3 is 2.50 bits per heavy atom. The van der Waals surface area contributed by atoms with Gasteiger partial charge in [-0.05, 0) is 18.1 Å². The molecule has 0 unspecified atom stereocenters. The van der Waals surface area contributed by atoms with E-state index in [4.69, 9.17) is 0 Å². The van der Waals surface area contributed by atoms with Crippen LogP contribution in [0, 0.1) is 0 Å². The molecule has 0 saturated heterocycles. The molecule has 20 heavy (non-hydrogen) atoms. The minimum atomic E-state index is -0.210. The second kappa shape index (κ2) is 4.46. The van der Waals surface area contributed by atoms with Crippen LogP contribution in [0.1, 0.15) is 17.3 Å². The molecule has 1 aliphatic rings. The third-order valence-electron chi connectivity index (χ3n) is 3.43. The van der Waals surface area contributed by atoms with Crippen LogP contribution in [0.15, 0.2) is 47.3 Å². The molecule has 98 valence electrons. The summed E-state index contributed by atoms with van der Waals surface area (Å²) in [5, 5.41) is 1.19. The van der Waals surface area contributed by atoms with Gasteiger partial charge < -0.3 is 4.98 Å². The zero-order valence-corrected chi connectivity index (χ0v) is 11.1. The van der Waals surface area contributed by atoms with Crippen LogP contribution in [0.3, 0.4) is 0 Å². The molecular formula is C17H13NO2. The first-order chi connectivity index (χ1) is 9.63. The van der Waals surface area contributed by atoms with Gasteiger partial charge in [-0.2, -0.15) is 0 Å². The summed E-state index contributed by atoms with van der Waals surface area (Å²) in [6.45, 7) is 5.73. The topological polar surface area (TPSA) is 49.9 Å². The third kappa shape index (κ3) is 1.67. The van der Waals surface area contributed by atoms with Gasteiger partial charge in [-0.3, -0.25) is 9.59 Å². The molecule has 0 saturated carbocycles. The molecule has 2 aromatic rings. The van der Waals surface area contributed by atoms with Crippen LogP contribution in [0.5, 0.6) is 0 Å². The van der Waals surface area contributed by atoms with Crippen LogP contribution in [-0.4, -0.2) is 10.8 Å². The molecule has 1 aromatic carbocycles. The highest BCUT2D eigenvalue weighted by atomic mass is 16.1. The number of H-pyrrole nitrogens is 1. The number of carbonyl (C=O) groups excluding carboxylic acids is 1. The molecule has 0 spiro atoms. The van der Waals surface area contributed by atoms with Crippen molar-refractivity contribution in [2.24, 2.45) is 0 Å². The largest absolute Gasteiger partial charge is 0.322 e. The summed E-state index contributed by atoms with van der Waals surface area (Å²) in [5.74, 6) is -0.0388. The van der Waals surface area contributed by atoms with Gasteiger partial charge in [-0.15, -0.1) is 0 Å². The molecule has 0 aliphatic heterocycles. The Morgan fingerprint density at radius 2 is 1.80 bits per heavy atom. The van der Waals surface area contributed by atoms with E-state index in [1.807, 2.05) is 31.2 Å². The second-order valence-electron chi connectivity index (χ2n) is 4.69. The first-order valence-electron chi connectivity index (χ1n) is 6.37. The lowest BCUT2D eigenvalue weighted by Crippen LogP contribution is -2.39. The number of Topliss-reactive ketones (excluding diaryl/α,β-unsaturated/α-hetero) is 1. The molecule has 3 heteroatoms. The first kappa shape index (κ1) is 12.4. The summed E-state index contributed by atoms with van der Waals surface area (Å²) in [6, 6.07) is 8.86. The van der Waals surface area contributed by atoms with Crippen molar-refractivity contribution in [3.63, 3.8) is 0 Å². The Balaban J connectivity index is 2.61. The molecular weight excluding hydrogens is 250 g/mol. The van der Waals surface area contributed by atoms with E-state index in [9.17, 15) is 9.59 Å². The lowest BCUT2D eigenvalue weighted by atomic mass is 9.86. The average Bonchev–Trinajstić information content (AvgIpc) is 2.43. The number of nitrogens with one attached hydrogen (secondary N) is 1. The van der Waals surface area contributed by atoms with Gasteiger partial charge in [-0.1, -0.05) is 43.0 Å². The van der Waals surface area contributed by atoms with Crippen LogP contribution in [0.25, 0.3) is 23.3 Å². The summed E-state index contributed by atoms with van der Waals surface area (Å²) >= 11 is 0. The molecule has 1 N–H and O–H groups in total. The number of carbonyl (C=O) groups is 1. The molecule has 0 radical (unpaired) electrons. The number of allylic oxidation sites excluding steroid dienone is 2. The van der Waals surface area contributed by atoms with Gasteiger partial charge >= 0.3 is 0 Å². The maximum absolute atomic E-state index is 12.6. The minimum Gasteiger partial charge on any atom is -0.322 e. The third-order valence-corrected chi connectivity index (χ3v) is 3.43. The Bertz CT molecular complexity index is 917. The van der Waals surface area contributed by atoms with Gasteiger partial charge in [0, 0.05) is 27.8 Å². The summed E-state index contributed by atoms with van der Waals surface area (Å²) in [4.78, 5) is 27.0. The Kier molecular flexibility index (Phi) is 2.75. The molecule has 1 aromatic heterocycles. The van der Waals surface area contributed by atoms with Crippen molar-refractivity contribution in [2.45, 2.75) is 6.92 Å². The van der Waals surface area contributed by atoms with Crippen LogP contribution in [-0.2, 0) is 0 Å². The summed E-state index contributed by atoms with van der Waals surface area (Å²) in [5.41, 5.74) is 2.54. The molecule has 1 heterocycles. The molecule has 3 nitrogen and oxygen atoms in total. The normalized spacial score (nSPS) is 13.4. The van der Waals surface area contributed by atoms with Gasteiger partial charge in [0.05, 0.1) is 0 Å². The van der Waals surface area contributed by atoms with Crippen LogP contribution < -0.4 is 16.1 Å². The quantitative estimate of drug-likeness (QED) is 0.845. The highest BCUT2D eigenvalue weighted by Crippen LogP contribution is 2.26. The van der Waals surface area contributed by atoms with E-state index in [0.717, 1.165) is 11.1 Å². The van der Waals surface area contributed by atoms with Crippen molar-refractivity contribution >= 4 is 17.9 Å². The van der Waals surface area contributed by atoms with Crippen molar-refractivity contribution in [1.82, 2.24) is 4.98 Å². The van der Waals surface area contributed by atoms with Gasteiger partial charge in [0.1, 0.15) is 0 Å². The molecule has 0 fully saturated rings. The van der Waals surface area contributed by atoms with Crippen molar-refractivity contribution in [3.05, 3.63) is 69.0 Å². The number of rotatable bonds is 1.